The Bertz CT molecular complexity index is 497. The van der Waals surface area contributed by atoms with E-state index in [1.807, 2.05) is 6.92 Å². The highest BCUT2D eigenvalue weighted by atomic mass is 15.3. The first kappa shape index (κ1) is 15.8. The van der Waals surface area contributed by atoms with Gasteiger partial charge in [-0.1, -0.05) is 0 Å². The smallest absolute Gasteiger partial charge is 0.191 e. The molecule has 1 aromatic rings. The lowest BCUT2D eigenvalue weighted by molar-refractivity contribution is 0.369. The number of aryl methyl sites for hydroxylation is 2. The molecule has 1 aliphatic heterocycles. The molecule has 21 heavy (non-hydrogen) atoms. The molecule has 1 atom stereocenters. The molecule has 0 bridgehead atoms. The number of guanidine groups is 1. The van der Waals surface area contributed by atoms with Crippen LogP contribution in [0.2, 0.25) is 0 Å². The summed E-state index contributed by atoms with van der Waals surface area (Å²) >= 11 is 0. The first-order valence-electron chi connectivity index (χ1n) is 7.84. The van der Waals surface area contributed by atoms with Crippen LogP contribution >= 0.6 is 0 Å². The Balaban J connectivity index is 1.97. The number of hydrogen-bond acceptors (Lipinski definition) is 3. The molecule has 2 rings (SSSR count). The zero-order chi connectivity index (χ0) is 15.5. The number of fused-ring (bicyclic) bond motifs is 1. The van der Waals surface area contributed by atoms with Crippen molar-refractivity contribution in [3.05, 3.63) is 11.6 Å². The fourth-order valence-corrected chi connectivity index (χ4v) is 2.56. The monoisotopic (exact) mass is 292 g/mol. The van der Waals surface area contributed by atoms with Gasteiger partial charge in [-0.15, -0.1) is 10.2 Å². The van der Waals surface area contributed by atoms with Crippen LogP contribution in [0.15, 0.2) is 4.99 Å². The van der Waals surface area contributed by atoms with E-state index in [4.69, 9.17) is 4.99 Å². The van der Waals surface area contributed by atoms with Gasteiger partial charge in [-0.25, -0.2) is 0 Å². The van der Waals surface area contributed by atoms with Crippen LogP contribution in [0.25, 0.3) is 0 Å². The predicted octanol–water partition coefficient (Wildman–Crippen LogP) is 1.50. The Kier molecular flexibility index (Phi) is 4.85. The van der Waals surface area contributed by atoms with Crippen molar-refractivity contribution in [3.8, 4) is 0 Å². The van der Waals surface area contributed by atoms with E-state index in [0.717, 1.165) is 50.1 Å². The summed E-state index contributed by atoms with van der Waals surface area (Å²) in [6.45, 7) is 13.2. The van der Waals surface area contributed by atoms with Gasteiger partial charge in [-0.05, 0) is 47.0 Å². The fourth-order valence-electron chi connectivity index (χ4n) is 2.56. The summed E-state index contributed by atoms with van der Waals surface area (Å²) in [5.74, 6) is 3.59. The molecular weight excluding hydrogens is 264 g/mol. The van der Waals surface area contributed by atoms with E-state index in [2.05, 4.69) is 53.1 Å². The van der Waals surface area contributed by atoms with Gasteiger partial charge >= 0.3 is 0 Å². The summed E-state index contributed by atoms with van der Waals surface area (Å²) in [4.78, 5) is 4.75. The van der Waals surface area contributed by atoms with E-state index in [-0.39, 0.29) is 5.54 Å². The Hall–Kier alpha value is -1.59. The van der Waals surface area contributed by atoms with Gasteiger partial charge in [0.25, 0.3) is 0 Å². The molecule has 1 aliphatic rings. The minimum Gasteiger partial charge on any atom is -0.357 e. The molecule has 6 heteroatoms. The second kappa shape index (κ2) is 6.45. The van der Waals surface area contributed by atoms with Gasteiger partial charge in [0.2, 0.25) is 0 Å². The van der Waals surface area contributed by atoms with Crippen LogP contribution in [0.1, 0.15) is 45.8 Å². The van der Waals surface area contributed by atoms with Crippen LogP contribution in [0.5, 0.6) is 0 Å². The SMILES string of the molecule is CCNC(=NCC1CCc2nnc(C)n2C1)NC(C)(C)C. The van der Waals surface area contributed by atoms with E-state index in [0.29, 0.717) is 5.92 Å². The Morgan fingerprint density at radius 2 is 2.14 bits per heavy atom. The van der Waals surface area contributed by atoms with Gasteiger partial charge in [0.15, 0.2) is 5.96 Å². The lowest BCUT2D eigenvalue weighted by Gasteiger charge is -2.26. The molecule has 0 saturated heterocycles. The Labute approximate surface area is 127 Å². The fraction of sp³-hybridized carbons (Fsp3) is 0.800. The predicted molar refractivity (Wildman–Crippen MR) is 85.4 cm³/mol. The summed E-state index contributed by atoms with van der Waals surface area (Å²) in [5, 5.41) is 15.1. The third kappa shape index (κ3) is 4.44. The number of aromatic nitrogens is 3. The van der Waals surface area contributed by atoms with Crippen molar-refractivity contribution in [2.75, 3.05) is 13.1 Å². The molecule has 0 fully saturated rings. The van der Waals surface area contributed by atoms with Gasteiger partial charge in [0.1, 0.15) is 11.6 Å². The highest BCUT2D eigenvalue weighted by Gasteiger charge is 2.21. The first-order chi connectivity index (χ1) is 9.89. The molecule has 2 heterocycles. The summed E-state index contributed by atoms with van der Waals surface area (Å²) < 4.78 is 2.23. The topological polar surface area (TPSA) is 67.1 Å². The second-order valence-corrected chi connectivity index (χ2v) is 6.77. The zero-order valence-electron chi connectivity index (χ0n) is 13.9. The minimum atomic E-state index is 0.0194. The molecule has 0 amide bonds. The van der Waals surface area contributed by atoms with Crippen LogP contribution in [0.3, 0.4) is 0 Å². The van der Waals surface area contributed by atoms with Crippen molar-refractivity contribution in [1.29, 1.82) is 0 Å². The van der Waals surface area contributed by atoms with Crippen LogP contribution < -0.4 is 10.6 Å². The van der Waals surface area contributed by atoms with Crippen molar-refractivity contribution >= 4 is 5.96 Å². The van der Waals surface area contributed by atoms with Crippen LogP contribution in [0.4, 0.5) is 0 Å². The Morgan fingerprint density at radius 3 is 2.81 bits per heavy atom. The van der Waals surface area contributed by atoms with Gasteiger partial charge in [-0.3, -0.25) is 4.99 Å². The van der Waals surface area contributed by atoms with E-state index in [1.165, 1.54) is 0 Å². The molecule has 0 saturated carbocycles. The molecule has 1 unspecified atom stereocenters. The van der Waals surface area contributed by atoms with E-state index < -0.39 is 0 Å². The zero-order valence-corrected chi connectivity index (χ0v) is 13.9. The molecule has 0 radical (unpaired) electrons. The van der Waals surface area contributed by atoms with Crippen molar-refractivity contribution < 1.29 is 0 Å². The standard InChI is InChI=1S/C15H28N6/c1-6-16-14(18-15(3,4)5)17-9-12-7-8-13-20-19-11(2)21(13)10-12/h12H,6-10H2,1-5H3,(H2,16,17,18). The Morgan fingerprint density at radius 1 is 1.38 bits per heavy atom. The van der Waals surface area contributed by atoms with Crippen molar-refractivity contribution in [2.45, 2.75) is 59.5 Å². The van der Waals surface area contributed by atoms with Crippen molar-refractivity contribution in [3.63, 3.8) is 0 Å². The van der Waals surface area contributed by atoms with E-state index >= 15 is 0 Å². The van der Waals surface area contributed by atoms with Gasteiger partial charge < -0.3 is 15.2 Å². The average molecular weight is 292 g/mol. The molecule has 0 aromatic carbocycles. The molecule has 1 aromatic heterocycles. The molecule has 0 spiro atoms. The highest BCUT2D eigenvalue weighted by molar-refractivity contribution is 5.80. The summed E-state index contributed by atoms with van der Waals surface area (Å²) in [5.41, 5.74) is 0.0194. The lowest BCUT2D eigenvalue weighted by Crippen LogP contribution is -2.47. The summed E-state index contributed by atoms with van der Waals surface area (Å²) in [7, 11) is 0. The number of nitrogens with zero attached hydrogens (tertiary/aromatic N) is 4. The maximum atomic E-state index is 4.75. The highest BCUT2D eigenvalue weighted by Crippen LogP contribution is 2.20. The lowest BCUT2D eigenvalue weighted by atomic mass is 9.99. The van der Waals surface area contributed by atoms with Crippen LogP contribution in [-0.4, -0.2) is 39.4 Å². The van der Waals surface area contributed by atoms with Crippen molar-refractivity contribution in [2.24, 2.45) is 10.9 Å². The molecule has 2 N–H and O–H groups in total. The molecule has 0 aliphatic carbocycles. The minimum absolute atomic E-state index is 0.0194. The van der Waals surface area contributed by atoms with Crippen LogP contribution in [-0.2, 0) is 13.0 Å². The molecular formula is C15H28N6. The van der Waals surface area contributed by atoms with Gasteiger partial charge in [-0.2, -0.15) is 0 Å². The molecule has 118 valence electrons. The van der Waals surface area contributed by atoms with Crippen molar-refractivity contribution in [1.82, 2.24) is 25.4 Å². The number of hydrogen-bond donors (Lipinski definition) is 2. The average Bonchev–Trinajstić information content (AvgIpc) is 2.76. The van der Waals surface area contributed by atoms with Gasteiger partial charge in [0, 0.05) is 31.6 Å². The third-order valence-electron chi connectivity index (χ3n) is 3.57. The first-order valence-corrected chi connectivity index (χ1v) is 7.84. The van der Waals surface area contributed by atoms with E-state index in [1.54, 1.807) is 0 Å². The quantitative estimate of drug-likeness (QED) is 0.654. The van der Waals surface area contributed by atoms with E-state index in [9.17, 15) is 0 Å². The number of aliphatic imine (C=N–C) groups is 1. The number of rotatable bonds is 3. The number of nitrogens with one attached hydrogen (secondary N) is 2. The largest absolute Gasteiger partial charge is 0.357 e. The normalized spacial score (nSPS) is 19.3. The maximum absolute atomic E-state index is 4.75. The summed E-state index contributed by atoms with van der Waals surface area (Å²) in [6.07, 6.45) is 2.14. The van der Waals surface area contributed by atoms with Crippen LogP contribution in [0, 0.1) is 12.8 Å². The molecule has 6 nitrogen and oxygen atoms in total. The summed E-state index contributed by atoms with van der Waals surface area (Å²) in [6, 6.07) is 0. The second-order valence-electron chi connectivity index (χ2n) is 6.77. The maximum Gasteiger partial charge on any atom is 0.191 e. The van der Waals surface area contributed by atoms with Gasteiger partial charge in [0.05, 0.1) is 0 Å². The third-order valence-corrected chi connectivity index (χ3v) is 3.57.